The Labute approximate surface area is 171 Å². The third-order valence-corrected chi connectivity index (χ3v) is 5.12. The van der Waals surface area contributed by atoms with E-state index in [1.165, 1.54) is 24.3 Å². The van der Waals surface area contributed by atoms with E-state index in [4.69, 9.17) is 14.2 Å². The molecule has 2 aromatic carbocycles. The van der Waals surface area contributed by atoms with Crippen molar-refractivity contribution >= 4 is 26.2 Å². The minimum Gasteiger partial charge on any atom is -0.481 e. The summed E-state index contributed by atoms with van der Waals surface area (Å²) in [4.78, 5) is 9.63. The number of benzene rings is 2. The van der Waals surface area contributed by atoms with Crippen LogP contribution in [0.1, 0.15) is 37.3 Å². The Morgan fingerprint density at radius 3 is 1.24 bits per heavy atom. The van der Waals surface area contributed by atoms with Gasteiger partial charge in [0.25, 0.3) is 20.2 Å². The van der Waals surface area contributed by atoms with Crippen LogP contribution in [0.15, 0.2) is 58.3 Å². The first kappa shape index (κ1) is 26.7. The average Bonchev–Trinajstić information content (AvgIpc) is 2.60. The monoisotopic (exact) mass is 446 g/mol. The molecule has 3 N–H and O–H groups in total. The number of hydrogen-bond acceptors (Lipinski definition) is 5. The molecule has 2 aromatic rings. The van der Waals surface area contributed by atoms with Crippen LogP contribution in [0.5, 0.6) is 0 Å². The molecule has 0 heterocycles. The van der Waals surface area contributed by atoms with E-state index >= 15 is 0 Å². The summed E-state index contributed by atoms with van der Waals surface area (Å²) in [6, 6.07) is 12.0. The Balaban J connectivity index is 0.000000419. The number of rotatable bonds is 5. The van der Waals surface area contributed by atoms with Crippen molar-refractivity contribution in [1.29, 1.82) is 0 Å². The number of hydrogen-bond donors (Lipinski definition) is 3. The van der Waals surface area contributed by atoms with Gasteiger partial charge in [-0.1, -0.05) is 48.7 Å². The third-order valence-electron chi connectivity index (χ3n) is 3.38. The van der Waals surface area contributed by atoms with Crippen molar-refractivity contribution in [2.45, 2.75) is 49.8 Å². The Morgan fingerprint density at radius 2 is 1.07 bits per heavy atom. The van der Waals surface area contributed by atoms with Gasteiger partial charge in [0.1, 0.15) is 0 Å². The second-order valence-corrected chi connectivity index (χ2v) is 8.92. The summed E-state index contributed by atoms with van der Waals surface area (Å²) in [5.74, 6) is -0.693. The lowest BCUT2D eigenvalue weighted by atomic mass is 10.2. The molecule has 8 nitrogen and oxygen atoms in total. The molecular weight excluding hydrogens is 420 g/mol. The maximum absolute atomic E-state index is 10.5. The lowest BCUT2D eigenvalue weighted by Crippen LogP contribution is -1.96. The normalized spacial score (nSPS) is 10.8. The van der Waals surface area contributed by atoms with Gasteiger partial charge in [0, 0.05) is 6.42 Å². The van der Waals surface area contributed by atoms with Crippen LogP contribution < -0.4 is 0 Å². The van der Waals surface area contributed by atoms with Gasteiger partial charge in [0.15, 0.2) is 0 Å². The second kappa shape index (κ2) is 12.3. The molecule has 2 rings (SSSR count). The van der Waals surface area contributed by atoms with Crippen LogP contribution in [0.2, 0.25) is 0 Å². The molecule has 0 radical (unpaired) electrons. The summed E-state index contributed by atoms with van der Waals surface area (Å²) in [7, 11) is -8.04. The molecule has 10 heteroatoms. The van der Waals surface area contributed by atoms with Gasteiger partial charge in [-0.3, -0.25) is 13.9 Å². The molecule has 0 fully saturated rings. The highest BCUT2D eigenvalue weighted by Crippen LogP contribution is 2.09. The Hall–Kier alpha value is -2.27. The van der Waals surface area contributed by atoms with E-state index in [0.29, 0.717) is 6.42 Å². The summed E-state index contributed by atoms with van der Waals surface area (Å²) in [5, 5.41) is 8.04. The molecule has 0 unspecified atom stereocenters. The average molecular weight is 447 g/mol. The first-order valence-electron chi connectivity index (χ1n) is 8.57. The molecule has 0 bridgehead atoms. The van der Waals surface area contributed by atoms with E-state index < -0.39 is 26.2 Å². The largest absolute Gasteiger partial charge is 0.481 e. The predicted octanol–water partition coefficient (Wildman–Crippen LogP) is 3.74. The van der Waals surface area contributed by atoms with E-state index in [-0.39, 0.29) is 9.79 Å². The van der Waals surface area contributed by atoms with Gasteiger partial charge < -0.3 is 5.11 Å². The van der Waals surface area contributed by atoms with Crippen LogP contribution in [-0.4, -0.2) is 37.0 Å². The highest BCUT2D eigenvalue weighted by molar-refractivity contribution is 7.86. The fourth-order valence-electron chi connectivity index (χ4n) is 1.75. The number of carboxylic acids is 1. The van der Waals surface area contributed by atoms with Crippen molar-refractivity contribution in [1.82, 2.24) is 0 Å². The molecular formula is C19H26O8S2. The van der Waals surface area contributed by atoms with Crippen LogP contribution in [0.4, 0.5) is 0 Å². The van der Waals surface area contributed by atoms with Crippen molar-refractivity contribution in [2.75, 3.05) is 0 Å². The summed E-state index contributed by atoms with van der Waals surface area (Å²) in [5.41, 5.74) is 1.91. The summed E-state index contributed by atoms with van der Waals surface area (Å²) < 4.78 is 59.1. The number of aryl methyl sites for hydroxylation is 2. The Kier molecular flexibility index (Phi) is 11.4. The lowest BCUT2D eigenvalue weighted by Gasteiger charge is -1.95. The van der Waals surface area contributed by atoms with E-state index in [2.05, 4.69) is 0 Å². The van der Waals surface area contributed by atoms with Crippen LogP contribution >= 0.6 is 0 Å². The van der Waals surface area contributed by atoms with Crippen molar-refractivity contribution in [3.63, 3.8) is 0 Å². The van der Waals surface area contributed by atoms with Crippen molar-refractivity contribution in [2.24, 2.45) is 0 Å². The first-order chi connectivity index (χ1) is 13.3. The van der Waals surface area contributed by atoms with Crippen LogP contribution in [0.3, 0.4) is 0 Å². The summed E-state index contributed by atoms with van der Waals surface area (Å²) in [6.45, 7) is 5.66. The molecule has 162 valence electrons. The van der Waals surface area contributed by atoms with Gasteiger partial charge in [-0.2, -0.15) is 16.8 Å². The number of unbranched alkanes of at least 4 members (excludes halogenated alkanes) is 1. The van der Waals surface area contributed by atoms with Crippen molar-refractivity contribution < 1.29 is 35.8 Å². The van der Waals surface area contributed by atoms with Gasteiger partial charge in [-0.25, -0.2) is 0 Å². The molecule has 0 atom stereocenters. The zero-order valence-electron chi connectivity index (χ0n) is 16.4. The fraction of sp³-hybridized carbons (Fsp3) is 0.316. The van der Waals surface area contributed by atoms with Crippen LogP contribution in [-0.2, 0) is 25.0 Å². The SMILES string of the molecule is CCCCC(=O)O.Cc1ccc(S(=O)(=O)O)cc1.Cc1ccc(S(=O)(=O)O)cc1. The maximum atomic E-state index is 10.5. The quantitative estimate of drug-likeness (QED) is 0.589. The molecule has 0 aromatic heterocycles. The maximum Gasteiger partial charge on any atom is 0.303 e. The Morgan fingerprint density at radius 1 is 0.759 bits per heavy atom. The molecule has 0 aliphatic rings. The molecule has 0 saturated heterocycles. The van der Waals surface area contributed by atoms with E-state index in [9.17, 15) is 21.6 Å². The van der Waals surface area contributed by atoms with Crippen molar-refractivity contribution in [3.05, 3.63) is 59.7 Å². The molecule has 0 aliphatic carbocycles. The fourth-order valence-corrected chi connectivity index (χ4v) is 2.71. The molecule has 0 saturated carbocycles. The van der Waals surface area contributed by atoms with Gasteiger partial charge in [0.2, 0.25) is 0 Å². The first-order valence-corrected chi connectivity index (χ1v) is 11.5. The molecule has 29 heavy (non-hydrogen) atoms. The van der Waals surface area contributed by atoms with E-state index in [0.717, 1.165) is 24.0 Å². The lowest BCUT2D eigenvalue weighted by molar-refractivity contribution is -0.137. The summed E-state index contributed by atoms with van der Waals surface area (Å²) >= 11 is 0. The topological polar surface area (TPSA) is 146 Å². The van der Waals surface area contributed by atoms with Crippen LogP contribution in [0.25, 0.3) is 0 Å². The number of carboxylic acid groups (broad SMARTS) is 1. The van der Waals surface area contributed by atoms with Gasteiger partial charge >= 0.3 is 5.97 Å². The molecule has 0 aliphatic heterocycles. The van der Waals surface area contributed by atoms with E-state index in [1.807, 2.05) is 20.8 Å². The minimum absolute atomic E-state index is 0.0666. The molecule has 0 amide bonds. The third kappa shape index (κ3) is 12.7. The van der Waals surface area contributed by atoms with Gasteiger partial charge in [0.05, 0.1) is 9.79 Å². The standard InChI is InChI=1S/2C7H8O3S.C5H10O2/c2*1-6-2-4-7(5-3-6)11(8,9)10;1-2-3-4-5(6)7/h2*2-5H,1H3,(H,8,9,10);2-4H2,1H3,(H,6,7). The number of carbonyl (C=O) groups is 1. The van der Waals surface area contributed by atoms with Crippen LogP contribution in [0, 0.1) is 13.8 Å². The predicted molar refractivity (Wildman–Crippen MR) is 109 cm³/mol. The highest BCUT2D eigenvalue weighted by atomic mass is 32.2. The smallest absolute Gasteiger partial charge is 0.303 e. The summed E-state index contributed by atoms with van der Waals surface area (Å²) in [6.07, 6.45) is 2.08. The second-order valence-electron chi connectivity index (χ2n) is 6.07. The zero-order valence-corrected chi connectivity index (χ0v) is 18.1. The Bertz CT molecular complexity index is 888. The zero-order chi connectivity index (χ0) is 22.7. The molecule has 0 spiro atoms. The van der Waals surface area contributed by atoms with E-state index in [1.54, 1.807) is 24.3 Å². The number of aliphatic carboxylic acids is 1. The minimum atomic E-state index is -4.02. The highest BCUT2D eigenvalue weighted by Gasteiger charge is 2.07. The van der Waals surface area contributed by atoms with Gasteiger partial charge in [-0.05, 0) is 44.5 Å². The van der Waals surface area contributed by atoms with Crippen molar-refractivity contribution in [3.8, 4) is 0 Å². The van der Waals surface area contributed by atoms with Gasteiger partial charge in [-0.15, -0.1) is 0 Å².